The fourth-order valence-corrected chi connectivity index (χ4v) is 5.78. The predicted octanol–water partition coefficient (Wildman–Crippen LogP) is 3.04. The molecule has 0 radical (unpaired) electrons. The van der Waals surface area contributed by atoms with Gasteiger partial charge in [-0.25, -0.2) is 0 Å². The third-order valence-corrected chi connectivity index (χ3v) is 7.62. The summed E-state index contributed by atoms with van der Waals surface area (Å²) in [6.07, 6.45) is 5.74. The number of rotatable bonds is 6. The second-order valence-electron chi connectivity index (χ2n) is 10.2. The highest BCUT2D eigenvalue weighted by Crippen LogP contribution is 2.52. The van der Waals surface area contributed by atoms with Gasteiger partial charge in [-0.3, -0.25) is 9.59 Å². The van der Waals surface area contributed by atoms with Crippen LogP contribution in [0.4, 0.5) is 5.69 Å². The SMILES string of the molecule is O=C(NCc1cnn(-c2ccccc2)n1)C1CC2(C1)CN(C(=O)c1ccccc1N1CCCC1)C2. The lowest BCUT2D eigenvalue weighted by Gasteiger charge is -2.58. The Hall–Kier alpha value is -3.68. The Balaban J connectivity index is 0.990. The van der Waals surface area contributed by atoms with Crippen LogP contribution in [0.15, 0.2) is 60.8 Å². The van der Waals surface area contributed by atoms with Gasteiger partial charge in [0.2, 0.25) is 5.91 Å². The Morgan fingerprint density at radius 3 is 2.46 bits per heavy atom. The normalized spacial score (nSPS) is 18.9. The van der Waals surface area contributed by atoms with Crippen LogP contribution in [0.3, 0.4) is 0 Å². The molecule has 180 valence electrons. The lowest BCUT2D eigenvalue weighted by molar-refractivity contribution is -0.140. The number of nitrogens with zero attached hydrogens (tertiary/aromatic N) is 5. The lowest BCUT2D eigenvalue weighted by atomic mass is 9.57. The first-order chi connectivity index (χ1) is 17.1. The lowest BCUT2D eigenvalue weighted by Crippen LogP contribution is -2.65. The summed E-state index contributed by atoms with van der Waals surface area (Å²) in [6.45, 7) is 3.90. The molecule has 1 aromatic heterocycles. The zero-order valence-electron chi connectivity index (χ0n) is 19.8. The number of hydrogen-bond acceptors (Lipinski definition) is 5. The zero-order chi connectivity index (χ0) is 23.8. The number of likely N-dealkylation sites (tertiary alicyclic amines) is 1. The summed E-state index contributed by atoms with van der Waals surface area (Å²) in [5.74, 6) is 0.190. The van der Waals surface area contributed by atoms with E-state index in [0.717, 1.165) is 61.7 Å². The van der Waals surface area contributed by atoms with E-state index in [9.17, 15) is 9.59 Å². The molecule has 2 aliphatic heterocycles. The molecular weight excluding hydrogens is 440 g/mol. The minimum atomic E-state index is 0.00769. The van der Waals surface area contributed by atoms with Crippen LogP contribution in [0.2, 0.25) is 0 Å². The third kappa shape index (κ3) is 4.17. The van der Waals surface area contributed by atoms with E-state index >= 15 is 0 Å². The molecule has 35 heavy (non-hydrogen) atoms. The zero-order valence-corrected chi connectivity index (χ0v) is 19.8. The van der Waals surface area contributed by atoms with Crippen LogP contribution in [-0.4, -0.2) is 57.9 Å². The van der Waals surface area contributed by atoms with Crippen molar-refractivity contribution in [1.82, 2.24) is 25.2 Å². The van der Waals surface area contributed by atoms with Crippen LogP contribution in [0.5, 0.6) is 0 Å². The average molecular weight is 471 g/mol. The Labute approximate surface area is 204 Å². The molecule has 0 unspecified atom stereocenters. The molecule has 2 saturated heterocycles. The molecule has 3 heterocycles. The maximum atomic E-state index is 13.2. The first-order valence-corrected chi connectivity index (χ1v) is 12.5. The summed E-state index contributed by atoms with van der Waals surface area (Å²) < 4.78 is 0. The van der Waals surface area contributed by atoms with Crippen molar-refractivity contribution in [3.8, 4) is 5.69 Å². The Morgan fingerprint density at radius 1 is 0.971 bits per heavy atom. The van der Waals surface area contributed by atoms with E-state index in [-0.39, 0.29) is 23.1 Å². The predicted molar refractivity (Wildman–Crippen MR) is 132 cm³/mol. The molecule has 1 N–H and O–H groups in total. The Morgan fingerprint density at radius 2 is 1.69 bits per heavy atom. The smallest absolute Gasteiger partial charge is 0.255 e. The summed E-state index contributed by atoms with van der Waals surface area (Å²) in [5, 5.41) is 11.7. The fourth-order valence-electron chi connectivity index (χ4n) is 5.78. The molecule has 1 saturated carbocycles. The van der Waals surface area contributed by atoms with Gasteiger partial charge in [0.05, 0.1) is 24.0 Å². The van der Waals surface area contributed by atoms with Crippen molar-refractivity contribution < 1.29 is 9.59 Å². The minimum absolute atomic E-state index is 0.00769. The molecule has 1 spiro atoms. The van der Waals surface area contributed by atoms with Gasteiger partial charge in [-0.1, -0.05) is 30.3 Å². The summed E-state index contributed by atoms with van der Waals surface area (Å²) in [7, 11) is 0. The van der Waals surface area contributed by atoms with Gasteiger partial charge in [0.25, 0.3) is 5.91 Å². The van der Waals surface area contributed by atoms with Crippen molar-refractivity contribution in [2.45, 2.75) is 32.2 Å². The maximum Gasteiger partial charge on any atom is 0.255 e. The highest BCUT2D eigenvalue weighted by molar-refractivity contribution is 6.00. The Bertz CT molecular complexity index is 1220. The largest absolute Gasteiger partial charge is 0.371 e. The van der Waals surface area contributed by atoms with Crippen LogP contribution >= 0.6 is 0 Å². The number of amides is 2. The molecule has 3 aromatic rings. The summed E-state index contributed by atoms with van der Waals surface area (Å²) >= 11 is 0. The van der Waals surface area contributed by atoms with Crippen LogP contribution in [0.1, 0.15) is 41.7 Å². The van der Waals surface area contributed by atoms with E-state index < -0.39 is 0 Å². The second-order valence-corrected chi connectivity index (χ2v) is 10.2. The van der Waals surface area contributed by atoms with Gasteiger partial charge in [0, 0.05) is 43.2 Å². The molecule has 2 aromatic carbocycles. The highest BCUT2D eigenvalue weighted by atomic mass is 16.2. The molecule has 2 amide bonds. The molecule has 0 atom stereocenters. The van der Waals surface area contributed by atoms with Gasteiger partial charge in [-0.2, -0.15) is 15.0 Å². The van der Waals surface area contributed by atoms with Gasteiger partial charge in [0.1, 0.15) is 5.69 Å². The number of carbonyl (C=O) groups is 2. The first-order valence-electron chi connectivity index (χ1n) is 12.5. The van der Waals surface area contributed by atoms with Gasteiger partial charge in [-0.05, 0) is 49.9 Å². The van der Waals surface area contributed by atoms with E-state index in [0.29, 0.717) is 6.54 Å². The number of anilines is 1. The molecule has 3 aliphatic rings. The van der Waals surface area contributed by atoms with Crippen molar-refractivity contribution in [3.05, 3.63) is 72.1 Å². The van der Waals surface area contributed by atoms with Gasteiger partial charge in [-0.15, -0.1) is 0 Å². The summed E-state index contributed by atoms with van der Waals surface area (Å²) in [4.78, 5) is 31.7. The van der Waals surface area contributed by atoms with E-state index in [1.165, 1.54) is 12.8 Å². The summed E-state index contributed by atoms with van der Waals surface area (Å²) in [5.41, 5.74) is 3.59. The maximum absolute atomic E-state index is 13.2. The van der Waals surface area contributed by atoms with E-state index in [1.54, 1.807) is 11.0 Å². The van der Waals surface area contributed by atoms with Gasteiger partial charge >= 0.3 is 0 Å². The topological polar surface area (TPSA) is 83.4 Å². The molecule has 0 bridgehead atoms. The van der Waals surface area contributed by atoms with Gasteiger partial charge in [0.15, 0.2) is 0 Å². The number of nitrogens with one attached hydrogen (secondary N) is 1. The first kappa shape index (κ1) is 21.8. The standard InChI is InChI=1S/C27H30N6O2/c34-25(28-16-21-17-29-33(30-21)22-8-2-1-3-9-22)20-14-27(15-20)18-32(19-27)26(35)23-10-4-5-11-24(23)31-12-6-7-13-31/h1-5,8-11,17,20H,6-7,12-16,18-19H2,(H,28,34). The fraction of sp³-hybridized carbons (Fsp3) is 0.407. The minimum Gasteiger partial charge on any atom is -0.371 e. The molecule has 6 rings (SSSR count). The van der Waals surface area contributed by atoms with Gasteiger partial charge < -0.3 is 15.1 Å². The number of aromatic nitrogens is 3. The molecular formula is C27H30N6O2. The van der Waals surface area contributed by atoms with Crippen LogP contribution in [-0.2, 0) is 11.3 Å². The van der Waals surface area contributed by atoms with Crippen LogP contribution < -0.4 is 10.2 Å². The van der Waals surface area contributed by atoms with Crippen molar-refractivity contribution in [3.63, 3.8) is 0 Å². The number of hydrogen-bond donors (Lipinski definition) is 1. The Kier molecular flexibility index (Phi) is 5.51. The molecule has 8 nitrogen and oxygen atoms in total. The molecule has 8 heteroatoms. The molecule has 3 fully saturated rings. The molecule has 1 aliphatic carbocycles. The average Bonchev–Trinajstić information content (AvgIpc) is 3.54. The number of benzene rings is 2. The number of para-hydroxylation sites is 2. The quantitative estimate of drug-likeness (QED) is 0.599. The van der Waals surface area contributed by atoms with Crippen LogP contribution in [0.25, 0.3) is 5.69 Å². The summed E-state index contributed by atoms with van der Waals surface area (Å²) in [6, 6.07) is 17.7. The van der Waals surface area contributed by atoms with Crippen molar-refractivity contribution in [1.29, 1.82) is 0 Å². The number of carbonyl (C=O) groups excluding carboxylic acids is 2. The van der Waals surface area contributed by atoms with E-state index in [4.69, 9.17) is 0 Å². The highest BCUT2D eigenvalue weighted by Gasteiger charge is 2.55. The van der Waals surface area contributed by atoms with Crippen molar-refractivity contribution in [2.24, 2.45) is 11.3 Å². The third-order valence-electron chi connectivity index (χ3n) is 7.62. The van der Waals surface area contributed by atoms with Crippen molar-refractivity contribution in [2.75, 3.05) is 31.1 Å². The van der Waals surface area contributed by atoms with E-state index in [2.05, 4.69) is 26.5 Å². The van der Waals surface area contributed by atoms with E-state index in [1.807, 2.05) is 53.4 Å². The van der Waals surface area contributed by atoms with Crippen LogP contribution in [0, 0.1) is 11.3 Å². The monoisotopic (exact) mass is 470 g/mol. The second kappa shape index (κ2) is 8.83. The van der Waals surface area contributed by atoms with Crippen molar-refractivity contribution >= 4 is 17.5 Å².